The van der Waals surface area contributed by atoms with Crippen molar-refractivity contribution in [1.82, 2.24) is 5.32 Å². The standard InChI is InChI=1S/C13H27BN2O5/c1-10(11(2)17)16-9-5-7-13(15,12(18)19)6-3-4-8-14(20)21/h10,16,20-21H,3-9,15H2,1-2H3,(H,18,19)/t10-,13?/m0/s1. The maximum atomic E-state index is 11.3. The van der Waals surface area contributed by atoms with E-state index in [0.29, 0.717) is 32.2 Å². The highest BCUT2D eigenvalue weighted by Crippen LogP contribution is 2.19. The number of nitrogens with two attached hydrogens (primary N) is 1. The van der Waals surface area contributed by atoms with Crippen molar-refractivity contribution < 1.29 is 24.7 Å². The van der Waals surface area contributed by atoms with Crippen molar-refractivity contribution in [1.29, 1.82) is 0 Å². The lowest BCUT2D eigenvalue weighted by molar-refractivity contribution is -0.144. The molecule has 122 valence electrons. The first-order valence-electron chi connectivity index (χ1n) is 7.31. The predicted octanol–water partition coefficient (Wildman–Crippen LogP) is -0.241. The quantitative estimate of drug-likeness (QED) is 0.248. The SMILES string of the molecule is CC(=O)[C@H](C)NCCCC(N)(CCCCB(O)O)C(=O)O. The first kappa shape index (κ1) is 20.0. The monoisotopic (exact) mass is 302 g/mol. The van der Waals surface area contributed by atoms with E-state index >= 15 is 0 Å². The number of carbonyl (C=O) groups excluding carboxylic acids is 1. The molecule has 21 heavy (non-hydrogen) atoms. The molecular formula is C13H27BN2O5. The molecular weight excluding hydrogens is 275 g/mol. The van der Waals surface area contributed by atoms with Gasteiger partial charge in [-0.1, -0.05) is 12.8 Å². The fourth-order valence-corrected chi connectivity index (χ4v) is 1.97. The fourth-order valence-electron chi connectivity index (χ4n) is 1.97. The molecule has 2 atom stereocenters. The van der Waals surface area contributed by atoms with Crippen molar-refractivity contribution >= 4 is 18.9 Å². The molecule has 0 aromatic heterocycles. The fraction of sp³-hybridized carbons (Fsp3) is 0.846. The first-order valence-corrected chi connectivity index (χ1v) is 7.31. The summed E-state index contributed by atoms with van der Waals surface area (Å²) < 4.78 is 0. The zero-order valence-corrected chi connectivity index (χ0v) is 12.8. The molecule has 0 saturated carbocycles. The van der Waals surface area contributed by atoms with Gasteiger partial charge in [0.2, 0.25) is 0 Å². The third-order valence-electron chi connectivity index (χ3n) is 3.62. The molecule has 0 spiro atoms. The second kappa shape index (κ2) is 9.89. The number of rotatable bonds is 12. The highest BCUT2D eigenvalue weighted by Gasteiger charge is 2.32. The normalized spacial score (nSPS) is 15.3. The molecule has 0 fully saturated rings. The Bertz CT molecular complexity index is 341. The minimum atomic E-state index is -1.36. The van der Waals surface area contributed by atoms with Gasteiger partial charge in [-0.2, -0.15) is 0 Å². The van der Waals surface area contributed by atoms with E-state index in [0.717, 1.165) is 0 Å². The number of hydrogen-bond acceptors (Lipinski definition) is 6. The minimum Gasteiger partial charge on any atom is -0.480 e. The molecule has 0 aliphatic heterocycles. The number of hydrogen-bond donors (Lipinski definition) is 5. The van der Waals surface area contributed by atoms with E-state index in [1.165, 1.54) is 6.92 Å². The molecule has 7 nitrogen and oxygen atoms in total. The van der Waals surface area contributed by atoms with Gasteiger partial charge in [0.15, 0.2) is 0 Å². The number of carboxylic acids is 1. The van der Waals surface area contributed by atoms with Crippen LogP contribution in [0.3, 0.4) is 0 Å². The predicted molar refractivity (Wildman–Crippen MR) is 80.8 cm³/mol. The van der Waals surface area contributed by atoms with Gasteiger partial charge in [0, 0.05) is 0 Å². The molecule has 0 aliphatic carbocycles. The highest BCUT2D eigenvalue weighted by atomic mass is 16.4. The Hall–Kier alpha value is -0.955. The third kappa shape index (κ3) is 8.82. The molecule has 1 unspecified atom stereocenters. The van der Waals surface area contributed by atoms with Gasteiger partial charge in [0.25, 0.3) is 0 Å². The molecule has 0 aromatic rings. The van der Waals surface area contributed by atoms with E-state index in [4.69, 9.17) is 15.8 Å². The molecule has 0 amide bonds. The average molecular weight is 302 g/mol. The van der Waals surface area contributed by atoms with Gasteiger partial charge in [-0.3, -0.25) is 9.59 Å². The van der Waals surface area contributed by atoms with Crippen LogP contribution in [0.2, 0.25) is 6.32 Å². The smallest absolute Gasteiger partial charge is 0.451 e. The van der Waals surface area contributed by atoms with Crippen molar-refractivity contribution in [2.45, 2.75) is 63.9 Å². The molecule has 0 bridgehead atoms. The summed E-state index contributed by atoms with van der Waals surface area (Å²) in [5.74, 6) is -1.01. The molecule has 0 aromatic carbocycles. The van der Waals surface area contributed by atoms with E-state index in [-0.39, 0.29) is 24.6 Å². The van der Waals surface area contributed by atoms with Crippen molar-refractivity contribution in [3.05, 3.63) is 0 Å². The first-order chi connectivity index (χ1) is 9.69. The number of nitrogens with one attached hydrogen (secondary N) is 1. The van der Waals surface area contributed by atoms with Crippen LogP contribution in [-0.2, 0) is 9.59 Å². The van der Waals surface area contributed by atoms with E-state index < -0.39 is 18.6 Å². The lowest BCUT2D eigenvalue weighted by atomic mass is 9.81. The van der Waals surface area contributed by atoms with E-state index in [1.54, 1.807) is 6.92 Å². The number of carbonyl (C=O) groups is 2. The van der Waals surface area contributed by atoms with Crippen LogP contribution in [0.4, 0.5) is 0 Å². The van der Waals surface area contributed by atoms with Crippen LogP contribution in [-0.4, -0.2) is 52.2 Å². The van der Waals surface area contributed by atoms with Crippen LogP contribution in [0.5, 0.6) is 0 Å². The van der Waals surface area contributed by atoms with Crippen LogP contribution in [0.15, 0.2) is 0 Å². The topological polar surface area (TPSA) is 133 Å². The molecule has 0 rings (SSSR count). The second-order valence-corrected chi connectivity index (χ2v) is 5.58. The highest BCUT2D eigenvalue weighted by molar-refractivity contribution is 6.40. The molecule has 0 aliphatic rings. The van der Waals surface area contributed by atoms with Crippen LogP contribution in [0, 0.1) is 0 Å². The molecule has 8 heteroatoms. The summed E-state index contributed by atoms with van der Waals surface area (Å²) in [6, 6.07) is -0.243. The molecule has 0 saturated heterocycles. The zero-order chi connectivity index (χ0) is 16.5. The second-order valence-electron chi connectivity index (χ2n) is 5.58. The van der Waals surface area contributed by atoms with E-state index in [2.05, 4.69) is 5.32 Å². The molecule has 0 heterocycles. The van der Waals surface area contributed by atoms with Gasteiger partial charge in [-0.05, 0) is 46.0 Å². The van der Waals surface area contributed by atoms with Crippen molar-refractivity contribution in [2.75, 3.05) is 6.54 Å². The Balaban J connectivity index is 4.10. The molecule has 0 radical (unpaired) electrons. The van der Waals surface area contributed by atoms with E-state index in [9.17, 15) is 14.7 Å². The van der Waals surface area contributed by atoms with Crippen molar-refractivity contribution in [3.63, 3.8) is 0 Å². The summed E-state index contributed by atoms with van der Waals surface area (Å²) >= 11 is 0. The van der Waals surface area contributed by atoms with Crippen molar-refractivity contribution in [3.8, 4) is 0 Å². The number of carboxylic acid groups (broad SMARTS) is 1. The van der Waals surface area contributed by atoms with Gasteiger partial charge < -0.3 is 26.2 Å². The summed E-state index contributed by atoms with van der Waals surface area (Å²) in [6.07, 6.45) is 2.41. The number of Topliss-reactive ketones (excluding diaryl/α,β-unsaturated/α-hetero) is 1. The number of unbranched alkanes of at least 4 members (excludes halogenated alkanes) is 1. The van der Waals surface area contributed by atoms with Gasteiger partial charge >= 0.3 is 13.1 Å². The third-order valence-corrected chi connectivity index (χ3v) is 3.62. The van der Waals surface area contributed by atoms with Gasteiger partial charge in [-0.25, -0.2) is 0 Å². The average Bonchev–Trinajstić information content (AvgIpc) is 2.39. The Morgan fingerprint density at radius 3 is 2.29 bits per heavy atom. The Morgan fingerprint density at radius 2 is 1.81 bits per heavy atom. The van der Waals surface area contributed by atoms with E-state index in [1.807, 2.05) is 0 Å². The summed E-state index contributed by atoms with van der Waals surface area (Å²) in [5.41, 5.74) is 4.61. The van der Waals surface area contributed by atoms with Gasteiger partial charge in [0.05, 0.1) is 6.04 Å². The summed E-state index contributed by atoms with van der Waals surface area (Å²) in [4.78, 5) is 22.3. The van der Waals surface area contributed by atoms with Crippen LogP contribution < -0.4 is 11.1 Å². The lowest BCUT2D eigenvalue weighted by Gasteiger charge is -2.25. The zero-order valence-electron chi connectivity index (χ0n) is 12.8. The Morgan fingerprint density at radius 1 is 1.24 bits per heavy atom. The maximum absolute atomic E-state index is 11.3. The summed E-state index contributed by atoms with van der Waals surface area (Å²) in [6.45, 7) is 3.79. The van der Waals surface area contributed by atoms with Crippen LogP contribution >= 0.6 is 0 Å². The van der Waals surface area contributed by atoms with Crippen LogP contribution in [0.1, 0.15) is 46.0 Å². The van der Waals surface area contributed by atoms with Gasteiger partial charge in [0.1, 0.15) is 11.3 Å². The Labute approximate surface area is 126 Å². The van der Waals surface area contributed by atoms with Crippen LogP contribution in [0.25, 0.3) is 0 Å². The summed E-state index contributed by atoms with van der Waals surface area (Å²) in [7, 11) is -1.36. The number of aliphatic carboxylic acids is 1. The lowest BCUT2D eigenvalue weighted by Crippen LogP contribution is -2.48. The Kier molecular flexibility index (Phi) is 9.44. The maximum Gasteiger partial charge on any atom is 0.451 e. The molecule has 6 N–H and O–H groups in total. The summed E-state index contributed by atoms with van der Waals surface area (Å²) in [5, 5.41) is 29.7. The minimum absolute atomic E-state index is 0.0369. The van der Waals surface area contributed by atoms with Crippen molar-refractivity contribution in [2.24, 2.45) is 5.73 Å². The number of ketones is 1. The largest absolute Gasteiger partial charge is 0.480 e. The van der Waals surface area contributed by atoms with Gasteiger partial charge in [-0.15, -0.1) is 0 Å².